The van der Waals surface area contributed by atoms with E-state index in [-0.39, 0.29) is 31.2 Å². The molecule has 0 radical (unpaired) electrons. The number of rotatable bonds is 6. The molecule has 2 aromatic rings. The van der Waals surface area contributed by atoms with E-state index in [2.05, 4.69) is 26.3 Å². The molecule has 1 spiro atoms. The van der Waals surface area contributed by atoms with Gasteiger partial charge in [-0.1, -0.05) is 45.9 Å². The highest BCUT2D eigenvalue weighted by atomic mass is 16.4. The van der Waals surface area contributed by atoms with Gasteiger partial charge in [0, 0.05) is 29.6 Å². The molecule has 6 N–H and O–H groups in total. The highest BCUT2D eigenvalue weighted by Gasteiger charge is 2.63. The number of aliphatic carboxylic acids is 1. The molecule has 5 amide bonds. The minimum absolute atomic E-state index is 0.00626. The number of amides is 5. The molecule has 242 valence electrons. The van der Waals surface area contributed by atoms with Crippen molar-refractivity contribution in [1.82, 2.24) is 31.2 Å². The normalized spacial score (nSPS) is 29.6. The number of nitrogens with one attached hydrogen (secondary N) is 5. The van der Waals surface area contributed by atoms with E-state index in [1.807, 2.05) is 38.1 Å². The third kappa shape index (κ3) is 6.38. The molecule has 5 rings (SSSR count). The number of hydrogen-bond acceptors (Lipinski definition) is 6. The second kappa shape index (κ2) is 12.5. The molecule has 1 aromatic carbocycles. The zero-order valence-electron chi connectivity index (χ0n) is 26.0. The molecule has 13 heteroatoms. The lowest BCUT2D eigenvalue weighted by atomic mass is 9.98. The summed E-state index contributed by atoms with van der Waals surface area (Å²) in [5.74, 6) is -5.22. The second-order valence-corrected chi connectivity index (χ2v) is 13.2. The molecule has 1 unspecified atom stereocenters. The molecule has 1 saturated carbocycles. The number of carbonyl (C=O) groups excluding carboxylic acids is 5. The molecule has 3 fully saturated rings. The van der Waals surface area contributed by atoms with Crippen LogP contribution in [0.15, 0.2) is 30.5 Å². The number of hydrogen-bond donors (Lipinski definition) is 6. The fourth-order valence-corrected chi connectivity index (χ4v) is 6.69. The Balaban J connectivity index is 1.58. The molecule has 3 heterocycles. The summed E-state index contributed by atoms with van der Waals surface area (Å²) in [6, 6.07) is 3.12. The molecule has 2 saturated heterocycles. The average Bonchev–Trinajstić information content (AvgIpc) is 3.30. The van der Waals surface area contributed by atoms with Crippen LogP contribution in [0.5, 0.6) is 0 Å². The molecule has 45 heavy (non-hydrogen) atoms. The smallest absolute Gasteiger partial charge is 0.305 e. The van der Waals surface area contributed by atoms with Gasteiger partial charge in [0.05, 0.1) is 6.42 Å². The van der Waals surface area contributed by atoms with Gasteiger partial charge in [0.25, 0.3) is 0 Å². The molecule has 3 aliphatic rings. The van der Waals surface area contributed by atoms with Crippen molar-refractivity contribution in [3.05, 3.63) is 36.0 Å². The van der Waals surface area contributed by atoms with Gasteiger partial charge in [0.2, 0.25) is 29.5 Å². The number of fused-ring (bicyclic) bond motifs is 2. The number of nitrogens with zero attached hydrogens (tertiary/aromatic N) is 1. The van der Waals surface area contributed by atoms with Crippen molar-refractivity contribution in [1.29, 1.82) is 0 Å². The van der Waals surface area contributed by atoms with Crippen molar-refractivity contribution >= 4 is 46.4 Å². The Kier molecular flexibility index (Phi) is 8.90. The number of para-hydroxylation sites is 1. The standard InChI is InChI=1S/C32H42N6O7/c1-16(2)12-22-27(41)37-32(14-20(32)19-15-33-21-9-6-5-8-18(19)21)31(45)35-23(13-25(39)40)30(44)38-11-7-10-24(38)28(42)36-26(17(3)4)29(43)34-22/h5-6,8-9,15-17,20,22-24,26,33H,7,10-14H2,1-4H3,(H,34,43)(H,35,45)(H,36,42)(H,37,41)(H,39,40)/t20-,22-,23+,24-,26+,32?/m0/s1. The summed E-state index contributed by atoms with van der Waals surface area (Å²) in [7, 11) is 0. The van der Waals surface area contributed by atoms with Crippen molar-refractivity contribution in [2.45, 2.75) is 95.4 Å². The van der Waals surface area contributed by atoms with Gasteiger partial charge < -0.3 is 36.3 Å². The maximum atomic E-state index is 14.2. The van der Waals surface area contributed by atoms with Crippen molar-refractivity contribution in [2.24, 2.45) is 11.8 Å². The number of carboxylic acid groups (broad SMARTS) is 1. The number of H-pyrrole nitrogens is 1. The Morgan fingerprint density at radius 3 is 2.40 bits per heavy atom. The quantitative estimate of drug-likeness (QED) is 0.278. The topological polar surface area (TPSA) is 190 Å². The van der Waals surface area contributed by atoms with Crippen LogP contribution in [-0.4, -0.2) is 86.7 Å². The van der Waals surface area contributed by atoms with Crippen molar-refractivity contribution in [3.8, 4) is 0 Å². The summed E-state index contributed by atoms with van der Waals surface area (Å²) < 4.78 is 0. The third-order valence-corrected chi connectivity index (χ3v) is 9.12. The first-order chi connectivity index (χ1) is 21.3. The van der Waals surface area contributed by atoms with Crippen LogP contribution in [0.2, 0.25) is 0 Å². The fraction of sp³-hybridized carbons (Fsp3) is 0.562. The number of aromatic amines is 1. The van der Waals surface area contributed by atoms with Crippen molar-refractivity contribution in [2.75, 3.05) is 6.54 Å². The van der Waals surface area contributed by atoms with Crippen molar-refractivity contribution < 1.29 is 33.9 Å². The average molecular weight is 623 g/mol. The van der Waals surface area contributed by atoms with Gasteiger partial charge >= 0.3 is 5.97 Å². The summed E-state index contributed by atoms with van der Waals surface area (Å²) in [4.78, 5) is 85.4. The minimum Gasteiger partial charge on any atom is -0.481 e. The van der Waals surface area contributed by atoms with Gasteiger partial charge in [-0.25, -0.2) is 0 Å². The Morgan fingerprint density at radius 1 is 0.978 bits per heavy atom. The predicted octanol–water partition coefficient (Wildman–Crippen LogP) is 1.15. The van der Waals surface area contributed by atoms with E-state index in [9.17, 15) is 33.9 Å². The van der Waals surface area contributed by atoms with E-state index >= 15 is 0 Å². The third-order valence-electron chi connectivity index (χ3n) is 9.12. The maximum absolute atomic E-state index is 14.2. The number of carboxylic acids is 1. The van der Waals surface area contributed by atoms with E-state index in [1.54, 1.807) is 20.0 Å². The van der Waals surface area contributed by atoms with Crippen LogP contribution in [0.1, 0.15) is 71.3 Å². The van der Waals surface area contributed by atoms with Gasteiger partial charge in [-0.05, 0) is 49.1 Å². The summed E-state index contributed by atoms with van der Waals surface area (Å²) in [5.41, 5.74) is 0.132. The van der Waals surface area contributed by atoms with Gasteiger partial charge in [-0.2, -0.15) is 0 Å². The molecule has 13 nitrogen and oxygen atoms in total. The van der Waals surface area contributed by atoms with Gasteiger partial charge in [0.15, 0.2) is 0 Å². The summed E-state index contributed by atoms with van der Waals surface area (Å²) in [5, 5.41) is 21.7. The summed E-state index contributed by atoms with van der Waals surface area (Å²) >= 11 is 0. The maximum Gasteiger partial charge on any atom is 0.305 e. The van der Waals surface area contributed by atoms with Crippen LogP contribution in [0.3, 0.4) is 0 Å². The zero-order chi connectivity index (χ0) is 32.6. The van der Waals surface area contributed by atoms with Gasteiger partial charge in [-0.3, -0.25) is 28.8 Å². The first-order valence-electron chi connectivity index (χ1n) is 15.6. The predicted molar refractivity (Wildman–Crippen MR) is 164 cm³/mol. The van der Waals surface area contributed by atoms with E-state index < -0.39 is 77.6 Å². The summed E-state index contributed by atoms with van der Waals surface area (Å²) in [6.45, 7) is 7.54. The van der Waals surface area contributed by atoms with Crippen LogP contribution in [0.4, 0.5) is 0 Å². The first-order valence-corrected chi connectivity index (χ1v) is 15.6. The van der Waals surface area contributed by atoms with E-state index in [1.165, 1.54) is 4.90 Å². The van der Waals surface area contributed by atoms with Crippen LogP contribution in [0, 0.1) is 11.8 Å². The van der Waals surface area contributed by atoms with E-state index in [0.29, 0.717) is 12.8 Å². The molecule has 1 aliphatic carbocycles. The first kappa shape index (κ1) is 32.0. The van der Waals surface area contributed by atoms with Crippen molar-refractivity contribution in [3.63, 3.8) is 0 Å². The number of aromatic nitrogens is 1. The zero-order valence-corrected chi connectivity index (χ0v) is 26.0. The molecular formula is C32H42N6O7. The van der Waals surface area contributed by atoms with E-state index in [4.69, 9.17) is 0 Å². The Morgan fingerprint density at radius 2 is 1.71 bits per heavy atom. The molecule has 0 bridgehead atoms. The summed E-state index contributed by atoms with van der Waals surface area (Å²) in [6.07, 6.45) is 2.36. The fourth-order valence-electron chi connectivity index (χ4n) is 6.69. The second-order valence-electron chi connectivity index (χ2n) is 13.2. The van der Waals surface area contributed by atoms with Crippen LogP contribution >= 0.6 is 0 Å². The molecule has 1 aromatic heterocycles. The highest BCUT2D eigenvalue weighted by Crippen LogP contribution is 2.53. The Hall–Kier alpha value is -4.42. The monoisotopic (exact) mass is 622 g/mol. The SMILES string of the molecule is CC(C)C[C@@H]1NC(=O)[C@@H](C(C)C)NC(=O)[C@@H]2CCCN2C(=O)[C@@H](CC(=O)O)NC(=O)C2(C[C@H]2c2c[nH]c3ccccc23)NC1=O. The van der Waals surface area contributed by atoms with E-state index in [0.717, 1.165) is 16.5 Å². The lowest BCUT2D eigenvalue weighted by Gasteiger charge is -2.30. The van der Waals surface area contributed by atoms with Gasteiger partial charge in [-0.15, -0.1) is 0 Å². The Labute approximate surface area is 261 Å². The number of carbonyl (C=O) groups is 6. The molecule has 6 atom stereocenters. The lowest BCUT2D eigenvalue weighted by Crippen LogP contribution is -2.60. The molecular weight excluding hydrogens is 580 g/mol. The Bertz CT molecular complexity index is 1520. The number of benzene rings is 1. The van der Waals surface area contributed by atoms with Crippen LogP contribution < -0.4 is 21.3 Å². The highest BCUT2D eigenvalue weighted by molar-refractivity contribution is 6.03. The minimum atomic E-state index is -1.50. The van der Waals surface area contributed by atoms with Crippen LogP contribution in [0.25, 0.3) is 10.9 Å². The molecule has 2 aliphatic heterocycles. The van der Waals surface area contributed by atoms with Crippen LogP contribution in [-0.2, 0) is 28.8 Å². The van der Waals surface area contributed by atoms with Gasteiger partial charge in [0.1, 0.15) is 29.7 Å². The lowest BCUT2D eigenvalue weighted by molar-refractivity contribution is -0.146. The largest absolute Gasteiger partial charge is 0.481 e.